The summed E-state index contributed by atoms with van der Waals surface area (Å²) in [5, 5.41) is 10.4. The molecular formula is C57H110O17P2. The third kappa shape index (κ3) is 51.5. The number of hydrogen-bond donors (Lipinski definition) is 3. The van der Waals surface area contributed by atoms with Crippen LogP contribution in [0.4, 0.5) is 0 Å². The smallest absolute Gasteiger partial charge is 0.462 e. The Bertz CT molecular complexity index is 1490. The molecule has 0 aliphatic heterocycles. The molecule has 450 valence electrons. The minimum absolute atomic E-state index is 0.0990. The van der Waals surface area contributed by atoms with Gasteiger partial charge in [0.25, 0.3) is 0 Å². The quantitative estimate of drug-likeness (QED) is 0.0222. The highest BCUT2D eigenvalue weighted by Gasteiger charge is 2.30. The van der Waals surface area contributed by atoms with Crippen LogP contribution in [0.25, 0.3) is 0 Å². The van der Waals surface area contributed by atoms with Gasteiger partial charge in [-0.25, -0.2) is 9.13 Å². The molecule has 0 aromatic heterocycles. The van der Waals surface area contributed by atoms with Crippen molar-refractivity contribution in [3.05, 3.63) is 0 Å². The summed E-state index contributed by atoms with van der Waals surface area (Å²) in [6.45, 7) is 4.62. The second kappa shape index (κ2) is 52.4. The van der Waals surface area contributed by atoms with Crippen molar-refractivity contribution in [3.8, 4) is 0 Å². The van der Waals surface area contributed by atoms with Crippen molar-refractivity contribution in [1.29, 1.82) is 0 Å². The molecule has 2 unspecified atom stereocenters. The Morgan fingerprint density at radius 2 is 0.526 bits per heavy atom. The summed E-state index contributed by atoms with van der Waals surface area (Å²) in [5.74, 6) is -2.17. The van der Waals surface area contributed by atoms with Crippen molar-refractivity contribution in [2.75, 3.05) is 39.6 Å². The molecule has 19 heteroatoms. The molecular weight excluding hydrogens is 1020 g/mol. The molecule has 0 aromatic carbocycles. The number of phosphoric acid groups is 2. The van der Waals surface area contributed by atoms with Crippen LogP contribution in [-0.4, -0.2) is 96.7 Å². The number of ether oxygens (including phenoxy) is 4. The van der Waals surface area contributed by atoms with E-state index in [0.717, 1.165) is 109 Å². The van der Waals surface area contributed by atoms with Gasteiger partial charge in [-0.1, -0.05) is 233 Å². The molecule has 0 aliphatic carbocycles. The van der Waals surface area contributed by atoms with E-state index in [0.29, 0.717) is 25.7 Å². The lowest BCUT2D eigenvalue weighted by Crippen LogP contribution is -2.30. The first-order valence-corrected chi connectivity index (χ1v) is 33.3. The van der Waals surface area contributed by atoms with Gasteiger partial charge >= 0.3 is 39.5 Å². The third-order valence-electron chi connectivity index (χ3n) is 13.1. The zero-order valence-electron chi connectivity index (χ0n) is 48.2. The van der Waals surface area contributed by atoms with Crippen LogP contribution >= 0.6 is 15.6 Å². The van der Waals surface area contributed by atoms with E-state index < -0.39 is 97.5 Å². The summed E-state index contributed by atoms with van der Waals surface area (Å²) in [6.07, 6.45) is 35.9. The predicted octanol–water partition coefficient (Wildman–Crippen LogP) is 15.2. The average molecular weight is 1130 g/mol. The molecule has 0 spiro atoms. The molecule has 0 saturated carbocycles. The standard InChI is InChI=1S/C57H110O17P2/c1-5-9-13-17-19-20-21-22-23-24-25-26-27-28-29-30-32-36-40-44-57(62)74-53(48-68-55(60)42-38-35-31-18-14-10-6-2)50-72-76(65,66)70-46-51(58)45-69-75(63,64)71-49-52(73-56(61)43-39-34-16-12-8-4)47-67-54(59)41-37-33-15-11-7-3/h51-53,58H,5-50H2,1-4H3,(H,63,64)(H,65,66)/t51-,52+,53+/m0/s1. The minimum atomic E-state index is -4.93. The first-order chi connectivity index (χ1) is 36.7. The summed E-state index contributed by atoms with van der Waals surface area (Å²) in [5.41, 5.74) is 0. The van der Waals surface area contributed by atoms with Gasteiger partial charge in [0.2, 0.25) is 0 Å². The highest BCUT2D eigenvalue weighted by molar-refractivity contribution is 7.47. The average Bonchev–Trinajstić information content (AvgIpc) is 3.39. The first-order valence-electron chi connectivity index (χ1n) is 30.3. The maximum atomic E-state index is 12.9. The van der Waals surface area contributed by atoms with E-state index in [1.54, 1.807) is 0 Å². The second-order valence-corrected chi connectivity index (χ2v) is 23.6. The Hall–Kier alpha value is -1.94. The lowest BCUT2D eigenvalue weighted by Gasteiger charge is -2.21. The highest BCUT2D eigenvalue weighted by Crippen LogP contribution is 2.45. The summed E-state index contributed by atoms with van der Waals surface area (Å²) < 4.78 is 67.2. The fourth-order valence-corrected chi connectivity index (χ4v) is 9.98. The molecule has 3 N–H and O–H groups in total. The summed E-state index contributed by atoms with van der Waals surface area (Å²) in [7, 11) is -9.85. The van der Waals surface area contributed by atoms with Gasteiger partial charge in [0.1, 0.15) is 19.3 Å². The van der Waals surface area contributed by atoms with E-state index in [9.17, 15) is 43.2 Å². The van der Waals surface area contributed by atoms with Gasteiger partial charge < -0.3 is 33.8 Å². The van der Waals surface area contributed by atoms with Crippen molar-refractivity contribution >= 4 is 39.5 Å². The largest absolute Gasteiger partial charge is 0.472 e. The van der Waals surface area contributed by atoms with Crippen LogP contribution in [0, 0.1) is 0 Å². The zero-order chi connectivity index (χ0) is 56.2. The van der Waals surface area contributed by atoms with Crippen LogP contribution in [0.2, 0.25) is 0 Å². The molecule has 0 aromatic rings. The Morgan fingerprint density at radius 1 is 0.316 bits per heavy atom. The minimum Gasteiger partial charge on any atom is -0.462 e. The van der Waals surface area contributed by atoms with Crippen molar-refractivity contribution < 1.29 is 80.2 Å². The van der Waals surface area contributed by atoms with Crippen LogP contribution in [0.15, 0.2) is 0 Å². The van der Waals surface area contributed by atoms with Gasteiger partial charge in [-0.05, 0) is 25.7 Å². The number of rotatable bonds is 58. The molecule has 0 fully saturated rings. The molecule has 0 heterocycles. The fourth-order valence-electron chi connectivity index (χ4n) is 8.40. The number of aliphatic hydroxyl groups is 1. The van der Waals surface area contributed by atoms with Gasteiger partial charge in [0.15, 0.2) is 12.2 Å². The van der Waals surface area contributed by atoms with Crippen LogP contribution in [0.3, 0.4) is 0 Å². The molecule has 0 aliphatic rings. The van der Waals surface area contributed by atoms with E-state index >= 15 is 0 Å². The SMILES string of the molecule is CCCCCCCCCCCCCCCCCCCCCC(=O)O[C@H](COC(=O)CCCCCCCCC)COP(=O)(O)OC[C@@H](O)COP(=O)(O)OC[C@@H](COC(=O)CCCCCCC)OC(=O)CCCCCCC. The Balaban J connectivity index is 4.99. The lowest BCUT2D eigenvalue weighted by atomic mass is 10.0. The van der Waals surface area contributed by atoms with Crippen molar-refractivity contribution in [2.45, 2.75) is 303 Å². The monoisotopic (exact) mass is 1130 g/mol. The van der Waals surface area contributed by atoms with E-state index in [2.05, 4.69) is 27.7 Å². The van der Waals surface area contributed by atoms with Gasteiger partial charge in [0.05, 0.1) is 26.4 Å². The molecule has 5 atom stereocenters. The Kier molecular flexibility index (Phi) is 51.1. The molecule has 0 rings (SSSR count). The predicted molar refractivity (Wildman–Crippen MR) is 299 cm³/mol. The summed E-state index contributed by atoms with van der Waals surface area (Å²) in [6, 6.07) is 0. The van der Waals surface area contributed by atoms with E-state index in [1.165, 1.54) is 96.3 Å². The number of esters is 4. The van der Waals surface area contributed by atoms with Gasteiger partial charge in [0, 0.05) is 25.7 Å². The van der Waals surface area contributed by atoms with Gasteiger partial charge in [-0.15, -0.1) is 0 Å². The molecule has 0 radical (unpaired) electrons. The first kappa shape index (κ1) is 74.1. The van der Waals surface area contributed by atoms with Crippen LogP contribution in [0.5, 0.6) is 0 Å². The Labute approximate surface area is 460 Å². The molecule has 76 heavy (non-hydrogen) atoms. The number of unbranched alkanes of at least 4 members (excludes halogenated alkanes) is 32. The van der Waals surface area contributed by atoms with E-state index in [1.807, 2.05) is 0 Å². The van der Waals surface area contributed by atoms with Gasteiger partial charge in [-0.3, -0.25) is 37.3 Å². The topological polar surface area (TPSA) is 237 Å². The number of carbonyl (C=O) groups is 4. The van der Waals surface area contributed by atoms with Crippen molar-refractivity contribution in [3.63, 3.8) is 0 Å². The molecule has 17 nitrogen and oxygen atoms in total. The number of aliphatic hydroxyl groups excluding tert-OH is 1. The maximum Gasteiger partial charge on any atom is 0.472 e. The molecule has 0 bridgehead atoms. The normalized spacial score (nSPS) is 14.4. The van der Waals surface area contributed by atoms with E-state index in [4.69, 9.17) is 37.0 Å². The summed E-state index contributed by atoms with van der Waals surface area (Å²) >= 11 is 0. The van der Waals surface area contributed by atoms with E-state index in [-0.39, 0.29) is 25.7 Å². The second-order valence-electron chi connectivity index (χ2n) is 20.7. The maximum absolute atomic E-state index is 12.9. The van der Waals surface area contributed by atoms with Gasteiger partial charge in [-0.2, -0.15) is 0 Å². The van der Waals surface area contributed by atoms with Crippen molar-refractivity contribution in [2.24, 2.45) is 0 Å². The number of hydrogen-bond acceptors (Lipinski definition) is 15. The van der Waals surface area contributed by atoms with Crippen molar-refractivity contribution in [1.82, 2.24) is 0 Å². The highest BCUT2D eigenvalue weighted by atomic mass is 31.2. The van der Waals surface area contributed by atoms with Crippen LogP contribution < -0.4 is 0 Å². The third-order valence-corrected chi connectivity index (χ3v) is 15.0. The zero-order valence-corrected chi connectivity index (χ0v) is 50.0. The van der Waals surface area contributed by atoms with Crippen LogP contribution in [-0.2, 0) is 65.4 Å². The molecule has 0 saturated heterocycles. The number of phosphoric ester groups is 2. The van der Waals surface area contributed by atoms with Crippen LogP contribution in [0.1, 0.15) is 285 Å². The lowest BCUT2D eigenvalue weighted by molar-refractivity contribution is -0.161. The summed E-state index contributed by atoms with van der Waals surface area (Å²) in [4.78, 5) is 71.2. The number of carbonyl (C=O) groups excluding carboxylic acids is 4. The molecule has 0 amide bonds. The Morgan fingerprint density at radius 3 is 0.776 bits per heavy atom. The fraction of sp³-hybridized carbons (Fsp3) is 0.930.